The van der Waals surface area contributed by atoms with E-state index in [-0.39, 0.29) is 10.6 Å². The molecule has 1 atom stereocenters. The lowest BCUT2D eigenvalue weighted by molar-refractivity contribution is 0.412. The van der Waals surface area contributed by atoms with Gasteiger partial charge in [0.05, 0.1) is 23.6 Å². The zero-order chi connectivity index (χ0) is 27.4. The molecule has 2 aromatic carbocycles. The maximum absolute atomic E-state index is 13.5. The molecule has 0 spiro atoms. The Morgan fingerprint density at radius 2 is 1.82 bits per heavy atom. The second kappa shape index (κ2) is 9.28. The number of aromatic nitrogens is 6. The van der Waals surface area contributed by atoms with Gasteiger partial charge in [-0.3, -0.25) is 9.48 Å². The van der Waals surface area contributed by atoms with Crippen molar-refractivity contribution in [3.8, 4) is 5.69 Å². The topological polar surface area (TPSA) is 108 Å². The summed E-state index contributed by atoms with van der Waals surface area (Å²) in [6, 6.07) is 17.7. The molecule has 5 aromatic rings. The molecule has 10 nitrogen and oxygen atoms in total. The minimum Gasteiger partial charge on any atom is -0.316 e. The number of aryl methyl sites for hydroxylation is 3. The normalized spacial score (nSPS) is 18.2. The molecule has 1 unspecified atom stereocenters. The van der Waals surface area contributed by atoms with E-state index in [1.807, 2.05) is 29.1 Å². The second-order valence-corrected chi connectivity index (χ2v) is 12.3. The van der Waals surface area contributed by atoms with Crippen molar-refractivity contribution in [2.45, 2.75) is 30.2 Å². The molecule has 0 aliphatic carbocycles. The number of rotatable bonds is 6. The standard InChI is InChI=1S/C28H29N7O3S/c1-20-13-25-22(16-29-35(25)23-9-10-27(36)32(2)17-23)14-24(20)28(15-21-7-5-4-6-8-21)11-12-34(19-28)39(37,38)26-18-33(3)31-30-26/h4-10,13-14,16-18H,11-12,15,19H2,1-3H3. The Hall–Kier alpha value is -4.09. The van der Waals surface area contributed by atoms with Gasteiger partial charge >= 0.3 is 0 Å². The highest BCUT2D eigenvalue weighted by molar-refractivity contribution is 7.89. The van der Waals surface area contributed by atoms with Crippen LogP contribution >= 0.6 is 0 Å². The molecule has 0 amide bonds. The smallest absolute Gasteiger partial charge is 0.264 e. The molecule has 200 valence electrons. The zero-order valence-electron chi connectivity index (χ0n) is 22.0. The third-order valence-electron chi connectivity index (χ3n) is 7.69. The van der Waals surface area contributed by atoms with Gasteiger partial charge < -0.3 is 4.57 Å². The average Bonchev–Trinajstić information content (AvgIpc) is 3.65. The van der Waals surface area contributed by atoms with Crippen molar-refractivity contribution >= 4 is 20.9 Å². The van der Waals surface area contributed by atoms with Crippen molar-refractivity contribution in [2.75, 3.05) is 13.1 Å². The van der Waals surface area contributed by atoms with Crippen molar-refractivity contribution < 1.29 is 8.42 Å². The maximum Gasteiger partial charge on any atom is 0.264 e. The zero-order valence-corrected chi connectivity index (χ0v) is 22.8. The van der Waals surface area contributed by atoms with Gasteiger partial charge in [0.2, 0.25) is 10.6 Å². The number of fused-ring (bicyclic) bond motifs is 1. The Labute approximate surface area is 226 Å². The van der Waals surface area contributed by atoms with Crippen molar-refractivity contribution in [2.24, 2.45) is 14.1 Å². The van der Waals surface area contributed by atoms with Crippen molar-refractivity contribution in [1.82, 2.24) is 33.6 Å². The molecule has 1 aliphatic heterocycles. The summed E-state index contributed by atoms with van der Waals surface area (Å²) < 4.78 is 33.3. The molecule has 11 heteroatoms. The Bertz CT molecular complexity index is 1860. The summed E-state index contributed by atoms with van der Waals surface area (Å²) in [5.74, 6) is 0. The molecule has 0 bridgehead atoms. The van der Waals surface area contributed by atoms with Crippen LogP contribution in [0.5, 0.6) is 0 Å². The van der Waals surface area contributed by atoms with Crippen LogP contribution in [-0.4, -0.2) is 55.2 Å². The first-order chi connectivity index (χ1) is 18.7. The Kier molecular flexibility index (Phi) is 6.00. The van der Waals surface area contributed by atoms with E-state index in [0.717, 1.165) is 33.3 Å². The number of pyridine rings is 1. The van der Waals surface area contributed by atoms with Crippen LogP contribution in [-0.2, 0) is 36.0 Å². The quantitative estimate of drug-likeness (QED) is 0.326. The molecular weight excluding hydrogens is 514 g/mol. The van der Waals surface area contributed by atoms with Crippen molar-refractivity contribution in [1.29, 1.82) is 0 Å². The Balaban J connectivity index is 1.45. The van der Waals surface area contributed by atoms with E-state index in [4.69, 9.17) is 0 Å². The third-order valence-corrected chi connectivity index (χ3v) is 9.40. The molecule has 0 N–H and O–H groups in total. The molecule has 4 heterocycles. The number of benzene rings is 2. The molecule has 0 saturated carbocycles. The van der Waals surface area contributed by atoms with Crippen LogP contribution < -0.4 is 5.56 Å². The minimum atomic E-state index is -3.79. The van der Waals surface area contributed by atoms with Gasteiger partial charge in [-0.25, -0.2) is 13.1 Å². The molecule has 1 saturated heterocycles. The monoisotopic (exact) mass is 543 g/mol. The van der Waals surface area contributed by atoms with E-state index in [2.05, 4.69) is 46.6 Å². The summed E-state index contributed by atoms with van der Waals surface area (Å²) in [5.41, 5.74) is 4.51. The summed E-state index contributed by atoms with van der Waals surface area (Å²) >= 11 is 0. The second-order valence-electron chi connectivity index (χ2n) is 10.4. The van der Waals surface area contributed by atoms with E-state index in [0.29, 0.717) is 25.9 Å². The predicted molar refractivity (Wildman–Crippen MR) is 147 cm³/mol. The number of hydrogen-bond donors (Lipinski definition) is 0. The first-order valence-electron chi connectivity index (χ1n) is 12.7. The highest BCUT2D eigenvalue weighted by Gasteiger charge is 2.45. The maximum atomic E-state index is 13.5. The van der Waals surface area contributed by atoms with Gasteiger partial charge in [0.15, 0.2) is 0 Å². The lowest BCUT2D eigenvalue weighted by atomic mass is 9.73. The molecule has 39 heavy (non-hydrogen) atoms. The van der Waals surface area contributed by atoms with Crippen LogP contribution in [0.2, 0.25) is 0 Å². The van der Waals surface area contributed by atoms with E-state index in [1.165, 1.54) is 25.8 Å². The van der Waals surface area contributed by atoms with Gasteiger partial charge in [0.1, 0.15) is 0 Å². The molecule has 1 aliphatic rings. The van der Waals surface area contributed by atoms with Crippen LogP contribution in [0.4, 0.5) is 0 Å². The van der Waals surface area contributed by atoms with Gasteiger partial charge in [0.25, 0.3) is 10.0 Å². The highest BCUT2D eigenvalue weighted by atomic mass is 32.2. The SMILES string of the molecule is Cc1cc2c(cnn2-c2ccc(=O)n(C)c2)cc1C1(Cc2ccccc2)CCN(S(=O)(=O)c2cn(C)nn2)C1. The summed E-state index contributed by atoms with van der Waals surface area (Å²) in [5, 5.41) is 13.3. The fraction of sp³-hybridized carbons (Fsp3) is 0.286. The van der Waals surface area contributed by atoms with Crippen LogP contribution in [0.1, 0.15) is 23.1 Å². The third kappa shape index (κ3) is 4.37. The first-order valence-corrected chi connectivity index (χ1v) is 14.2. The van der Waals surface area contributed by atoms with E-state index in [9.17, 15) is 13.2 Å². The molecular formula is C28H29N7O3S. The summed E-state index contributed by atoms with van der Waals surface area (Å²) in [7, 11) is -0.416. The van der Waals surface area contributed by atoms with Gasteiger partial charge in [-0.1, -0.05) is 35.5 Å². The summed E-state index contributed by atoms with van der Waals surface area (Å²) in [6.45, 7) is 2.79. The van der Waals surface area contributed by atoms with Crippen LogP contribution in [0, 0.1) is 6.92 Å². The fourth-order valence-corrected chi connectivity index (χ4v) is 7.16. The Morgan fingerprint density at radius 3 is 2.54 bits per heavy atom. The number of sulfonamides is 1. The number of hydrogen-bond acceptors (Lipinski definition) is 6. The van der Waals surface area contributed by atoms with Crippen LogP contribution in [0.15, 0.2) is 83.0 Å². The van der Waals surface area contributed by atoms with E-state index >= 15 is 0 Å². The van der Waals surface area contributed by atoms with Crippen LogP contribution in [0.3, 0.4) is 0 Å². The van der Waals surface area contributed by atoms with Crippen LogP contribution in [0.25, 0.3) is 16.6 Å². The lowest BCUT2D eigenvalue weighted by Crippen LogP contribution is -2.36. The largest absolute Gasteiger partial charge is 0.316 e. The number of nitrogens with zero attached hydrogens (tertiary/aromatic N) is 7. The van der Waals surface area contributed by atoms with E-state index in [1.54, 1.807) is 26.4 Å². The van der Waals surface area contributed by atoms with Gasteiger partial charge in [0, 0.05) is 50.2 Å². The molecule has 3 aromatic heterocycles. The molecule has 6 rings (SSSR count). The Morgan fingerprint density at radius 1 is 1.03 bits per heavy atom. The highest BCUT2D eigenvalue weighted by Crippen LogP contribution is 2.42. The van der Waals surface area contributed by atoms with E-state index < -0.39 is 15.4 Å². The predicted octanol–water partition coefficient (Wildman–Crippen LogP) is 2.74. The van der Waals surface area contributed by atoms with Gasteiger partial charge in [-0.15, -0.1) is 5.10 Å². The van der Waals surface area contributed by atoms with Crippen molar-refractivity contribution in [3.63, 3.8) is 0 Å². The fourth-order valence-electron chi connectivity index (χ4n) is 5.72. The molecule has 0 radical (unpaired) electrons. The first kappa shape index (κ1) is 25.2. The lowest BCUT2D eigenvalue weighted by Gasteiger charge is -2.32. The van der Waals surface area contributed by atoms with Crippen molar-refractivity contribution in [3.05, 3.63) is 100 Å². The summed E-state index contributed by atoms with van der Waals surface area (Å²) in [6.07, 6.45) is 6.39. The van der Waals surface area contributed by atoms with Gasteiger partial charge in [-0.05, 0) is 54.7 Å². The molecule has 1 fully saturated rings. The minimum absolute atomic E-state index is 0.0359. The van der Waals surface area contributed by atoms with Gasteiger partial charge in [-0.2, -0.15) is 9.40 Å². The summed E-state index contributed by atoms with van der Waals surface area (Å²) in [4.78, 5) is 11.9. The average molecular weight is 544 g/mol.